The number of imide groups is 1. The van der Waals surface area contributed by atoms with Crippen molar-refractivity contribution in [1.29, 1.82) is 0 Å². The molecular weight excluding hydrogens is 339 g/mol. The highest BCUT2D eigenvalue weighted by atomic mass is 19.4. The van der Waals surface area contributed by atoms with E-state index >= 15 is 0 Å². The van der Waals surface area contributed by atoms with Gasteiger partial charge >= 0.3 is 12.2 Å². The maximum Gasteiger partial charge on any atom is 0.416 e. The highest BCUT2D eigenvalue weighted by molar-refractivity contribution is 6.09. The Balaban J connectivity index is 1.77. The van der Waals surface area contributed by atoms with Crippen LogP contribution in [0.25, 0.3) is 0 Å². The summed E-state index contributed by atoms with van der Waals surface area (Å²) in [5.74, 6) is -1.53. The minimum absolute atomic E-state index is 0.292. The molecule has 1 aliphatic carbocycles. The summed E-state index contributed by atoms with van der Waals surface area (Å²) in [6, 6.07) is 3.00. The van der Waals surface area contributed by atoms with E-state index in [4.69, 9.17) is 0 Å². The maximum atomic E-state index is 12.7. The van der Waals surface area contributed by atoms with E-state index in [2.05, 4.69) is 10.7 Å². The van der Waals surface area contributed by atoms with Crippen molar-refractivity contribution in [3.8, 4) is 0 Å². The first-order valence-electron chi connectivity index (χ1n) is 7.88. The molecule has 1 aromatic rings. The lowest BCUT2D eigenvalue weighted by Gasteiger charge is -2.30. The lowest BCUT2D eigenvalue weighted by Crippen LogP contribution is -2.50. The smallest absolute Gasteiger partial charge is 0.322 e. The molecule has 0 radical (unpaired) electrons. The van der Waals surface area contributed by atoms with Crippen LogP contribution in [0.1, 0.15) is 48.0 Å². The van der Waals surface area contributed by atoms with E-state index in [0.717, 1.165) is 31.4 Å². The molecule has 9 heteroatoms. The van der Waals surface area contributed by atoms with Crippen LogP contribution in [0, 0.1) is 0 Å². The lowest BCUT2D eigenvalue weighted by molar-refractivity contribution is -0.137. The Labute approximate surface area is 141 Å². The first-order chi connectivity index (χ1) is 11.7. The van der Waals surface area contributed by atoms with Crippen molar-refractivity contribution in [2.45, 2.75) is 43.8 Å². The molecule has 0 atom stereocenters. The van der Waals surface area contributed by atoms with Crippen molar-refractivity contribution in [3.63, 3.8) is 0 Å². The number of benzene rings is 1. The molecule has 25 heavy (non-hydrogen) atoms. The number of hydrogen-bond donors (Lipinski definition) is 2. The standard InChI is InChI=1S/C16H16F3N3O3/c17-16(18,19)11-6-4-5-10(9-11)12(23)21-22-13(24)15(20-14(22)25)7-2-1-3-8-15/h4-6,9H,1-3,7-8H2,(H,20,25)(H,21,23). The average Bonchev–Trinajstić information content (AvgIpc) is 2.79. The summed E-state index contributed by atoms with van der Waals surface area (Å²) in [4.78, 5) is 36.8. The van der Waals surface area contributed by atoms with Crippen LogP contribution < -0.4 is 10.7 Å². The summed E-state index contributed by atoms with van der Waals surface area (Å²) < 4.78 is 38.2. The molecule has 1 saturated heterocycles. The molecule has 1 aromatic carbocycles. The van der Waals surface area contributed by atoms with Crippen molar-refractivity contribution in [3.05, 3.63) is 35.4 Å². The summed E-state index contributed by atoms with van der Waals surface area (Å²) >= 11 is 0. The molecule has 2 fully saturated rings. The van der Waals surface area contributed by atoms with Crippen LogP contribution in [0.4, 0.5) is 18.0 Å². The quantitative estimate of drug-likeness (QED) is 0.801. The third kappa shape index (κ3) is 3.18. The van der Waals surface area contributed by atoms with E-state index in [1.807, 2.05) is 0 Å². The zero-order valence-corrected chi connectivity index (χ0v) is 13.2. The molecule has 1 spiro atoms. The number of amides is 4. The molecule has 0 aromatic heterocycles. The molecule has 1 aliphatic heterocycles. The van der Waals surface area contributed by atoms with Crippen molar-refractivity contribution >= 4 is 17.8 Å². The predicted molar refractivity (Wildman–Crippen MR) is 80.1 cm³/mol. The number of rotatable bonds is 2. The van der Waals surface area contributed by atoms with Crippen LogP contribution in [-0.4, -0.2) is 28.4 Å². The molecule has 6 nitrogen and oxygen atoms in total. The van der Waals surface area contributed by atoms with Gasteiger partial charge in [0.1, 0.15) is 5.54 Å². The molecule has 1 heterocycles. The van der Waals surface area contributed by atoms with Crippen LogP contribution in [-0.2, 0) is 11.0 Å². The van der Waals surface area contributed by atoms with Crippen LogP contribution in [0.15, 0.2) is 24.3 Å². The van der Waals surface area contributed by atoms with E-state index in [-0.39, 0.29) is 5.56 Å². The SMILES string of the molecule is O=C(NN1C(=O)NC2(CCCCC2)C1=O)c1cccc(C(F)(F)F)c1. The Hall–Kier alpha value is -2.58. The van der Waals surface area contributed by atoms with Crippen LogP contribution in [0.5, 0.6) is 0 Å². The number of hydrogen-bond acceptors (Lipinski definition) is 3. The second-order valence-electron chi connectivity index (χ2n) is 6.23. The van der Waals surface area contributed by atoms with Gasteiger partial charge in [-0.25, -0.2) is 4.79 Å². The number of carbonyl (C=O) groups excluding carboxylic acids is 3. The second kappa shape index (κ2) is 6.05. The molecule has 0 bridgehead atoms. The maximum absolute atomic E-state index is 12.7. The average molecular weight is 355 g/mol. The second-order valence-corrected chi connectivity index (χ2v) is 6.23. The zero-order chi connectivity index (χ0) is 18.2. The minimum atomic E-state index is -4.59. The Kier molecular flexibility index (Phi) is 4.18. The number of nitrogens with zero attached hydrogens (tertiary/aromatic N) is 1. The first kappa shape index (κ1) is 17.2. The van der Waals surface area contributed by atoms with Gasteiger partial charge in [-0.1, -0.05) is 25.3 Å². The van der Waals surface area contributed by atoms with E-state index < -0.39 is 35.1 Å². The molecular formula is C16H16F3N3O3. The Morgan fingerprint density at radius 3 is 2.48 bits per heavy atom. The van der Waals surface area contributed by atoms with Gasteiger partial charge in [0.15, 0.2) is 0 Å². The third-order valence-corrected chi connectivity index (χ3v) is 4.53. The van der Waals surface area contributed by atoms with Crippen molar-refractivity contribution in [2.24, 2.45) is 0 Å². The van der Waals surface area contributed by atoms with Gasteiger partial charge in [-0.3, -0.25) is 15.0 Å². The van der Waals surface area contributed by atoms with E-state index in [9.17, 15) is 27.6 Å². The number of hydrazine groups is 1. The van der Waals surface area contributed by atoms with Gasteiger partial charge in [0.25, 0.3) is 11.8 Å². The molecule has 2 aliphatic rings. The van der Waals surface area contributed by atoms with E-state index in [1.54, 1.807) is 0 Å². The number of halogens is 3. The normalized spacial score (nSPS) is 19.9. The molecule has 3 rings (SSSR count). The largest absolute Gasteiger partial charge is 0.416 e. The van der Waals surface area contributed by atoms with Gasteiger partial charge in [0.2, 0.25) is 0 Å². The first-order valence-corrected chi connectivity index (χ1v) is 7.88. The third-order valence-electron chi connectivity index (χ3n) is 4.53. The predicted octanol–water partition coefficient (Wildman–Crippen LogP) is 2.60. The number of alkyl halides is 3. The molecule has 2 N–H and O–H groups in total. The highest BCUT2D eigenvalue weighted by Crippen LogP contribution is 2.33. The monoisotopic (exact) mass is 355 g/mol. The molecule has 134 valence electrons. The minimum Gasteiger partial charge on any atom is -0.322 e. The summed E-state index contributed by atoms with van der Waals surface area (Å²) in [5.41, 5.74) is -0.184. The molecule has 4 amide bonds. The molecule has 0 unspecified atom stereocenters. The Morgan fingerprint density at radius 2 is 1.84 bits per heavy atom. The fourth-order valence-electron chi connectivity index (χ4n) is 3.22. The molecule has 1 saturated carbocycles. The van der Waals surface area contributed by atoms with Gasteiger partial charge in [-0.15, -0.1) is 0 Å². The Morgan fingerprint density at radius 1 is 1.16 bits per heavy atom. The fraction of sp³-hybridized carbons (Fsp3) is 0.438. The van der Waals surface area contributed by atoms with Crippen molar-refractivity contribution < 1.29 is 27.6 Å². The van der Waals surface area contributed by atoms with Gasteiger partial charge in [0.05, 0.1) is 5.56 Å². The van der Waals surface area contributed by atoms with Gasteiger partial charge in [0, 0.05) is 5.56 Å². The summed E-state index contributed by atoms with van der Waals surface area (Å²) in [7, 11) is 0. The van der Waals surface area contributed by atoms with E-state index in [0.29, 0.717) is 23.9 Å². The van der Waals surface area contributed by atoms with Gasteiger partial charge in [-0.05, 0) is 31.0 Å². The van der Waals surface area contributed by atoms with Crippen molar-refractivity contribution in [2.75, 3.05) is 0 Å². The Bertz CT molecular complexity index is 727. The summed E-state index contributed by atoms with van der Waals surface area (Å²) in [6.07, 6.45) is -1.12. The van der Waals surface area contributed by atoms with Crippen LogP contribution in [0.3, 0.4) is 0 Å². The number of nitrogens with one attached hydrogen (secondary N) is 2. The lowest BCUT2D eigenvalue weighted by atomic mass is 9.82. The number of urea groups is 1. The van der Waals surface area contributed by atoms with E-state index in [1.165, 1.54) is 6.07 Å². The van der Waals surface area contributed by atoms with Gasteiger partial charge < -0.3 is 5.32 Å². The highest BCUT2D eigenvalue weighted by Gasteiger charge is 2.52. The zero-order valence-electron chi connectivity index (χ0n) is 13.2. The fourth-order valence-corrected chi connectivity index (χ4v) is 3.22. The van der Waals surface area contributed by atoms with Crippen molar-refractivity contribution in [1.82, 2.24) is 15.8 Å². The van der Waals surface area contributed by atoms with Gasteiger partial charge in [-0.2, -0.15) is 18.2 Å². The summed E-state index contributed by atoms with van der Waals surface area (Å²) in [5, 5.41) is 3.17. The topological polar surface area (TPSA) is 78.5 Å². The summed E-state index contributed by atoms with van der Waals surface area (Å²) in [6.45, 7) is 0. The van der Waals surface area contributed by atoms with Crippen LogP contribution in [0.2, 0.25) is 0 Å². The number of carbonyl (C=O) groups is 3. The van der Waals surface area contributed by atoms with Crippen LogP contribution >= 0.6 is 0 Å².